The topological polar surface area (TPSA) is 20.2 Å². The van der Waals surface area contributed by atoms with E-state index in [2.05, 4.69) is 19.1 Å². The highest BCUT2D eigenvalue weighted by molar-refractivity contribution is 5.50. The minimum Gasteiger partial charge on any atom is -0.392 e. The first-order valence-corrected chi connectivity index (χ1v) is 4.73. The van der Waals surface area contributed by atoms with Crippen LogP contribution in [0.4, 0.5) is 0 Å². The highest BCUT2D eigenvalue weighted by Gasteiger charge is 1.90. The summed E-state index contributed by atoms with van der Waals surface area (Å²) in [7, 11) is 0. The molecule has 0 saturated carbocycles. The molecule has 0 unspecified atom stereocenters. The molecule has 13 heavy (non-hydrogen) atoms. The Kier molecular flexibility index (Phi) is 4.27. The summed E-state index contributed by atoms with van der Waals surface area (Å²) in [6, 6.07) is 7.95. The number of allylic oxidation sites excluding steroid dienone is 1. The van der Waals surface area contributed by atoms with Crippen molar-refractivity contribution in [3.63, 3.8) is 0 Å². The van der Waals surface area contributed by atoms with Crippen LogP contribution in [-0.4, -0.2) is 5.11 Å². The van der Waals surface area contributed by atoms with Crippen LogP contribution in [0.25, 0.3) is 6.08 Å². The summed E-state index contributed by atoms with van der Waals surface area (Å²) in [5, 5.41) is 8.91. The Bertz CT molecular complexity index is 276. The van der Waals surface area contributed by atoms with E-state index in [0.717, 1.165) is 12.0 Å². The van der Waals surface area contributed by atoms with Gasteiger partial charge in [-0.25, -0.2) is 0 Å². The van der Waals surface area contributed by atoms with Gasteiger partial charge in [0.15, 0.2) is 0 Å². The zero-order valence-electron chi connectivity index (χ0n) is 8.03. The van der Waals surface area contributed by atoms with Crippen molar-refractivity contribution in [2.75, 3.05) is 0 Å². The molecule has 1 nitrogen and oxygen atoms in total. The van der Waals surface area contributed by atoms with E-state index in [1.165, 1.54) is 12.0 Å². The molecule has 0 saturated heterocycles. The molecule has 0 aliphatic heterocycles. The SMILES string of the molecule is CCCC=Cc1cccc(CO)c1. The first-order chi connectivity index (χ1) is 6.36. The maximum atomic E-state index is 8.91. The third-order valence-electron chi connectivity index (χ3n) is 1.90. The van der Waals surface area contributed by atoms with Crippen LogP contribution in [0.15, 0.2) is 30.3 Å². The van der Waals surface area contributed by atoms with E-state index in [4.69, 9.17) is 5.11 Å². The second-order valence-electron chi connectivity index (χ2n) is 3.09. The van der Waals surface area contributed by atoms with Crippen LogP contribution in [0.3, 0.4) is 0 Å². The second-order valence-corrected chi connectivity index (χ2v) is 3.09. The number of hydrogen-bond donors (Lipinski definition) is 1. The lowest BCUT2D eigenvalue weighted by atomic mass is 10.1. The monoisotopic (exact) mass is 176 g/mol. The molecule has 1 aromatic rings. The number of rotatable bonds is 4. The van der Waals surface area contributed by atoms with Crippen molar-refractivity contribution in [1.29, 1.82) is 0 Å². The van der Waals surface area contributed by atoms with Crippen molar-refractivity contribution in [3.8, 4) is 0 Å². The average molecular weight is 176 g/mol. The fourth-order valence-electron chi connectivity index (χ4n) is 1.18. The van der Waals surface area contributed by atoms with E-state index < -0.39 is 0 Å². The van der Waals surface area contributed by atoms with Gasteiger partial charge < -0.3 is 5.11 Å². The molecule has 0 amide bonds. The lowest BCUT2D eigenvalue weighted by molar-refractivity contribution is 0.282. The summed E-state index contributed by atoms with van der Waals surface area (Å²) in [5.41, 5.74) is 2.14. The number of aliphatic hydroxyl groups excluding tert-OH is 1. The maximum absolute atomic E-state index is 8.91. The summed E-state index contributed by atoms with van der Waals surface area (Å²) in [5.74, 6) is 0. The molecule has 0 aliphatic carbocycles. The Morgan fingerprint density at radius 2 is 2.23 bits per heavy atom. The van der Waals surface area contributed by atoms with Crippen LogP contribution in [-0.2, 0) is 6.61 Å². The van der Waals surface area contributed by atoms with E-state index in [-0.39, 0.29) is 6.61 Å². The van der Waals surface area contributed by atoms with E-state index in [0.29, 0.717) is 0 Å². The Hall–Kier alpha value is -1.08. The molecular formula is C12H16O. The van der Waals surface area contributed by atoms with Gasteiger partial charge in [0.05, 0.1) is 6.61 Å². The molecule has 0 bridgehead atoms. The average Bonchev–Trinajstić information content (AvgIpc) is 2.19. The lowest BCUT2D eigenvalue weighted by Crippen LogP contribution is -1.82. The van der Waals surface area contributed by atoms with E-state index >= 15 is 0 Å². The molecular weight excluding hydrogens is 160 g/mol. The van der Waals surface area contributed by atoms with Gasteiger partial charge in [-0.1, -0.05) is 43.7 Å². The number of unbranched alkanes of at least 4 members (excludes halogenated alkanes) is 1. The summed E-state index contributed by atoms with van der Waals surface area (Å²) in [4.78, 5) is 0. The van der Waals surface area contributed by atoms with Gasteiger partial charge in [-0.05, 0) is 23.6 Å². The maximum Gasteiger partial charge on any atom is 0.0682 e. The number of aliphatic hydroxyl groups is 1. The van der Waals surface area contributed by atoms with Gasteiger partial charge in [0.1, 0.15) is 0 Å². The third-order valence-corrected chi connectivity index (χ3v) is 1.90. The summed E-state index contributed by atoms with van der Waals surface area (Å²) in [6.07, 6.45) is 6.55. The van der Waals surface area contributed by atoms with Gasteiger partial charge >= 0.3 is 0 Å². The van der Waals surface area contributed by atoms with Crippen LogP contribution < -0.4 is 0 Å². The van der Waals surface area contributed by atoms with Gasteiger partial charge in [-0.15, -0.1) is 0 Å². The van der Waals surface area contributed by atoms with Crippen molar-refractivity contribution in [3.05, 3.63) is 41.5 Å². The lowest BCUT2D eigenvalue weighted by Gasteiger charge is -1.97. The molecule has 0 aliphatic rings. The molecule has 1 rings (SSSR count). The molecule has 0 radical (unpaired) electrons. The fraction of sp³-hybridized carbons (Fsp3) is 0.333. The molecule has 0 spiro atoms. The Balaban J connectivity index is 2.66. The predicted octanol–water partition coefficient (Wildman–Crippen LogP) is 2.99. The molecule has 0 heterocycles. The minimum absolute atomic E-state index is 0.120. The Morgan fingerprint density at radius 1 is 1.38 bits per heavy atom. The molecule has 0 atom stereocenters. The molecule has 1 N–H and O–H groups in total. The molecule has 70 valence electrons. The Morgan fingerprint density at radius 3 is 2.92 bits per heavy atom. The summed E-state index contributed by atoms with van der Waals surface area (Å²) >= 11 is 0. The third kappa shape index (κ3) is 3.43. The molecule has 1 aromatic carbocycles. The normalized spacial score (nSPS) is 10.9. The van der Waals surface area contributed by atoms with Gasteiger partial charge in [0.25, 0.3) is 0 Å². The highest BCUT2D eigenvalue weighted by atomic mass is 16.3. The second kappa shape index (κ2) is 5.55. The minimum atomic E-state index is 0.120. The predicted molar refractivity (Wildman–Crippen MR) is 56.3 cm³/mol. The van der Waals surface area contributed by atoms with Crippen LogP contribution in [0.1, 0.15) is 30.9 Å². The zero-order valence-corrected chi connectivity index (χ0v) is 8.03. The number of benzene rings is 1. The largest absolute Gasteiger partial charge is 0.392 e. The van der Waals surface area contributed by atoms with Crippen LogP contribution in [0.5, 0.6) is 0 Å². The molecule has 0 fully saturated rings. The number of hydrogen-bond acceptors (Lipinski definition) is 1. The standard InChI is InChI=1S/C12H16O/c1-2-3-4-6-11-7-5-8-12(9-11)10-13/h4-9,13H,2-3,10H2,1H3. The first kappa shape index (κ1) is 10.0. The first-order valence-electron chi connectivity index (χ1n) is 4.73. The smallest absolute Gasteiger partial charge is 0.0682 e. The van der Waals surface area contributed by atoms with Crippen molar-refractivity contribution in [2.45, 2.75) is 26.4 Å². The van der Waals surface area contributed by atoms with Gasteiger partial charge in [0, 0.05) is 0 Å². The summed E-state index contributed by atoms with van der Waals surface area (Å²) in [6.45, 7) is 2.28. The van der Waals surface area contributed by atoms with Gasteiger partial charge in [-0.3, -0.25) is 0 Å². The molecule has 1 heteroatoms. The van der Waals surface area contributed by atoms with Crippen molar-refractivity contribution >= 4 is 6.08 Å². The van der Waals surface area contributed by atoms with E-state index in [1.807, 2.05) is 24.3 Å². The summed E-state index contributed by atoms with van der Waals surface area (Å²) < 4.78 is 0. The van der Waals surface area contributed by atoms with Crippen LogP contribution in [0.2, 0.25) is 0 Å². The quantitative estimate of drug-likeness (QED) is 0.747. The van der Waals surface area contributed by atoms with Crippen LogP contribution in [0, 0.1) is 0 Å². The Labute approximate surface area is 79.7 Å². The van der Waals surface area contributed by atoms with E-state index in [1.54, 1.807) is 0 Å². The molecule has 0 aromatic heterocycles. The van der Waals surface area contributed by atoms with Crippen molar-refractivity contribution in [2.24, 2.45) is 0 Å². The highest BCUT2D eigenvalue weighted by Crippen LogP contribution is 2.07. The van der Waals surface area contributed by atoms with Crippen LogP contribution >= 0.6 is 0 Å². The van der Waals surface area contributed by atoms with Crippen molar-refractivity contribution < 1.29 is 5.11 Å². The van der Waals surface area contributed by atoms with Gasteiger partial charge in [-0.2, -0.15) is 0 Å². The van der Waals surface area contributed by atoms with Crippen molar-refractivity contribution in [1.82, 2.24) is 0 Å². The van der Waals surface area contributed by atoms with E-state index in [9.17, 15) is 0 Å². The fourth-order valence-corrected chi connectivity index (χ4v) is 1.18. The van der Waals surface area contributed by atoms with Gasteiger partial charge in [0.2, 0.25) is 0 Å². The zero-order chi connectivity index (χ0) is 9.52.